The minimum Gasteiger partial charge on any atom is -0.492 e. The predicted octanol–water partition coefficient (Wildman–Crippen LogP) is 3.11. The van der Waals surface area contributed by atoms with Crippen LogP contribution in [0.5, 0.6) is 5.75 Å². The van der Waals surface area contributed by atoms with Crippen LogP contribution in [-0.4, -0.2) is 13.2 Å². The molecule has 17 heavy (non-hydrogen) atoms. The number of nitrogens with two attached hydrogens (primary N) is 1. The summed E-state index contributed by atoms with van der Waals surface area (Å²) >= 11 is 3.19. The number of methoxy groups -OCH3 is 1. The lowest BCUT2D eigenvalue weighted by molar-refractivity contribution is 0.363. The van der Waals surface area contributed by atoms with Gasteiger partial charge < -0.3 is 10.5 Å². The van der Waals surface area contributed by atoms with Crippen LogP contribution in [0.2, 0.25) is 0 Å². The summed E-state index contributed by atoms with van der Waals surface area (Å²) in [6.45, 7) is 1.82. The highest BCUT2D eigenvalue weighted by molar-refractivity contribution is 9.10. The van der Waals surface area contributed by atoms with E-state index in [2.05, 4.69) is 15.9 Å². The Labute approximate surface area is 107 Å². The molecule has 1 saturated carbocycles. The zero-order valence-corrected chi connectivity index (χ0v) is 11.3. The predicted molar refractivity (Wildman–Crippen MR) is 65.2 cm³/mol. The molecule has 0 heterocycles. The highest BCUT2D eigenvalue weighted by Gasteiger charge is 2.50. The molecule has 1 aromatic carbocycles. The molecule has 94 valence electrons. The minimum absolute atomic E-state index is 0.105. The summed E-state index contributed by atoms with van der Waals surface area (Å²) in [5, 5.41) is 0. The third-order valence-electron chi connectivity index (χ3n) is 3.52. The quantitative estimate of drug-likeness (QED) is 0.871. The van der Waals surface area contributed by atoms with Gasteiger partial charge in [0.2, 0.25) is 5.82 Å². The van der Waals surface area contributed by atoms with Gasteiger partial charge in [0.15, 0.2) is 11.6 Å². The highest BCUT2D eigenvalue weighted by Crippen LogP contribution is 2.52. The second kappa shape index (κ2) is 4.21. The Hall–Kier alpha value is -0.680. The smallest absolute Gasteiger partial charge is 0.202 e. The van der Waals surface area contributed by atoms with Crippen molar-refractivity contribution in [2.24, 2.45) is 5.73 Å². The molecule has 5 heteroatoms. The van der Waals surface area contributed by atoms with E-state index in [1.807, 2.05) is 6.92 Å². The molecule has 0 bridgehead atoms. The first kappa shape index (κ1) is 12.8. The van der Waals surface area contributed by atoms with Gasteiger partial charge in [-0.1, -0.05) is 0 Å². The Morgan fingerprint density at radius 1 is 1.41 bits per heavy atom. The van der Waals surface area contributed by atoms with E-state index in [1.165, 1.54) is 7.11 Å². The van der Waals surface area contributed by atoms with Crippen molar-refractivity contribution >= 4 is 15.9 Å². The molecule has 2 N–H and O–H groups in total. The van der Waals surface area contributed by atoms with Crippen molar-refractivity contribution in [2.45, 2.75) is 31.2 Å². The standard InChI is InChI=1S/C12H14BrF2NO/c1-6(16)12(3-4-12)7-5-8(13)11(17-2)10(15)9(7)14/h5-6H,3-4,16H2,1-2H3. The summed E-state index contributed by atoms with van der Waals surface area (Å²) in [7, 11) is 1.31. The molecule has 1 fully saturated rings. The van der Waals surface area contributed by atoms with Gasteiger partial charge >= 0.3 is 0 Å². The molecule has 1 aliphatic carbocycles. The molecule has 1 atom stereocenters. The van der Waals surface area contributed by atoms with E-state index < -0.39 is 17.0 Å². The summed E-state index contributed by atoms with van der Waals surface area (Å²) in [6.07, 6.45) is 1.58. The van der Waals surface area contributed by atoms with Crippen molar-refractivity contribution in [3.63, 3.8) is 0 Å². The molecule has 0 aromatic heterocycles. The molecule has 1 aromatic rings. The molecule has 2 nitrogen and oxygen atoms in total. The molecule has 0 aliphatic heterocycles. The van der Waals surface area contributed by atoms with Gasteiger partial charge in [0, 0.05) is 11.5 Å². The fourth-order valence-corrected chi connectivity index (χ4v) is 2.80. The van der Waals surface area contributed by atoms with Gasteiger partial charge in [-0.3, -0.25) is 0 Å². The highest BCUT2D eigenvalue weighted by atomic mass is 79.9. The van der Waals surface area contributed by atoms with Crippen LogP contribution in [0.3, 0.4) is 0 Å². The van der Waals surface area contributed by atoms with Gasteiger partial charge in [-0.2, -0.15) is 4.39 Å². The number of hydrogen-bond donors (Lipinski definition) is 1. The van der Waals surface area contributed by atoms with Crippen LogP contribution in [0.15, 0.2) is 10.5 Å². The maximum atomic E-state index is 14.0. The van der Waals surface area contributed by atoms with Crippen LogP contribution in [0.1, 0.15) is 25.3 Å². The lowest BCUT2D eigenvalue weighted by atomic mass is 9.89. The Morgan fingerprint density at radius 3 is 2.41 bits per heavy atom. The van der Waals surface area contributed by atoms with E-state index in [0.29, 0.717) is 10.0 Å². The minimum atomic E-state index is -0.955. The lowest BCUT2D eigenvalue weighted by Gasteiger charge is -2.22. The summed E-state index contributed by atoms with van der Waals surface area (Å²) < 4.78 is 33.0. The van der Waals surface area contributed by atoms with E-state index in [1.54, 1.807) is 6.07 Å². The monoisotopic (exact) mass is 305 g/mol. The molecular weight excluding hydrogens is 292 g/mol. The Kier molecular flexibility index (Phi) is 3.16. The van der Waals surface area contributed by atoms with Crippen LogP contribution < -0.4 is 10.5 Å². The second-order valence-corrected chi connectivity index (χ2v) is 5.37. The fourth-order valence-electron chi connectivity index (χ4n) is 2.23. The number of benzene rings is 1. The summed E-state index contributed by atoms with van der Waals surface area (Å²) in [4.78, 5) is 0. The van der Waals surface area contributed by atoms with Crippen molar-refractivity contribution in [3.8, 4) is 5.75 Å². The van der Waals surface area contributed by atoms with Gasteiger partial charge in [0.25, 0.3) is 0 Å². The summed E-state index contributed by atoms with van der Waals surface area (Å²) in [5.74, 6) is -1.91. The maximum absolute atomic E-state index is 14.0. The molecule has 0 spiro atoms. The average Bonchev–Trinajstić information content (AvgIpc) is 3.05. The Morgan fingerprint density at radius 2 is 2.00 bits per heavy atom. The number of halogens is 3. The van der Waals surface area contributed by atoms with Gasteiger partial charge in [0.1, 0.15) is 0 Å². The van der Waals surface area contributed by atoms with E-state index in [9.17, 15) is 8.78 Å². The van der Waals surface area contributed by atoms with Crippen LogP contribution in [-0.2, 0) is 5.41 Å². The van der Waals surface area contributed by atoms with E-state index in [4.69, 9.17) is 10.5 Å². The number of hydrogen-bond acceptors (Lipinski definition) is 2. The summed E-state index contributed by atoms with van der Waals surface area (Å²) in [6, 6.07) is 1.38. The first-order valence-corrected chi connectivity index (χ1v) is 6.21. The third kappa shape index (κ3) is 1.85. The first-order valence-electron chi connectivity index (χ1n) is 5.41. The van der Waals surface area contributed by atoms with Crippen molar-refractivity contribution in [3.05, 3.63) is 27.7 Å². The van der Waals surface area contributed by atoms with E-state index >= 15 is 0 Å². The van der Waals surface area contributed by atoms with Crippen LogP contribution in [0, 0.1) is 11.6 Å². The normalized spacial score (nSPS) is 18.9. The van der Waals surface area contributed by atoms with E-state index in [-0.39, 0.29) is 11.8 Å². The second-order valence-electron chi connectivity index (χ2n) is 4.51. The molecule has 0 radical (unpaired) electrons. The zero-order chi connectivity index (χ0) is 12.8. The Balaban J connectivity index is 2.58. The fraction of sp³-hybridized carbons (Fsp3) is 0.500. The molecule has 0 amide bonds. The molecular formula is C12H14BrF2NO. The number of ether oxygens (including phenoxy) is 1. The average molecular weight is 306 g/mol. The number of rotatable bonds is 3. The van der Waals surface area contributed by atoms with Crippen molar-refractivity contribution in [1.29, 1.82) is 0 Å². The largest absolute Gasteiger partial charge is 0.492 e. The van der Waals surface area contributed by atoms with E-state index in [0.717, 1.165) is 12.8 Å². The van der Waals surface area contributed by atoms with Crippen LogP contribution in [0.25, 0.3) is 0 Å². The van der Waals surface area contributed by atoms with Crippen molar-refractivity contribution < 1.29 is 13.5 Å². The topological polar surface area (TPSA) is 35.2 Å². The van der Waals surface area contributed by atoms with Gasteiger partial charge in [0.05, 0.1) is 11.6 Å². The SMILES string of the molecule is COc1c(Br)cc(C2(C(C)N)CC2)c(F)c1F. The molecule has 1 aliphatic rings. The first-order chi connectivity index (χ1) is 7.94. The third-order valence-corrected chi connectivity index (χ3v) is 4.11. The molecule has 0 saturated heterocycles. The van der Waals surface area contributed by atoms with Gasteiger partial charge in [-0.05, 0) is 47.3 Å². The van der Waals surface area contributed by atoms with Gasteiger partial charge in [-0.25, -0.2) is 4.39 Å². The van der Waals surface area contributed by atoms with Crippen molar-refractivity contribution in [1.82, 2.24) is 0 Å². The summed E-state index contributed by atoms with van der Waals surface area (Å²) in [5.41, 5.74) is 5.80. The molecule has 1 unspecified atom stereocenters. The molecule has 2 rings (SSSR count). The maximum Gasteiger partial charge on any atom is 0.202 e. The van der Waals surface area contributed by atoms with Crippen molar-refractivity contribution in [2.75, 3.05) is 7.11 Å². The zero-order valence-electron chi connectivity index (χ0n) is 9.69. The lowest BCUT2D eigenvalue weighted by Crippen LogP contribution is -2.32. The Bertz CT molecular complexity index is 458. The van der Waals surface area contributed by atoms with Crippen LogP contribution >= 0.6 is 15.9 Å². The van der Waals surface area contributed by atoms with Crippen LogP contribution in [0.4, 0.5) is 8.78 Å². The van der Waals surface area contributed by atoms with Gasteiger partial charge in [-0.15, -0.1) is 0 Å².